The number of para-hydroxylation sites is 3. The van der Waals surface area contributed by atoms with E-state index in [1.807, 2.05) is 273 Å². The molecule has 6 heterocycles. The van der Waals surface area contributed by atoms with Crippen LogP contribution >= 0.6 is 0 Å². The lowest BCUT2D eigenvalue weighted by Crippen LogP contribution is -1.96. The van der Waals surface area contributed by atoms with Crippen LogP contribution in [0.15, 0.2) is 450 Å². The highest BCUT2D eigenvalue weighted by atomic mass is 16.3. The first-order valence-electron chi connectivity index (χ1n) is 48.5. The highest BCUT2D eigenvalue weighted by Gasteiger charge is 2.25. The van der Waals surface area contributed by atoms with E-state index in [9.17, 15) is 47.4 Å². The van der Waals surface area contributed by atoms with Crippen molar-refractivity contribution in [3.8, 4) is 172 Å². The Balaban J connectivity index is 0.000000116. The Hall–Kier alpha value is -22.2. The van der Waals surface area contributed by atoms with Crippen LogP contribution in [-0.4, -0.2) is 13.7 Å². The maximum Gasteiger partial charge on any atom is 0.135 e. The third-order valence-electron chi connectivity index (χ3n) is 28.3. The Morgan fingerprint density at radius 1 is 0.140 bits per heavy atom. The lowest BCUT2D eigenvalue weighted by molar-refractivity contribution is 0.668. The van der Waals surface area contributed by atoms with E-state index in [0.29, 0.717) is 50.1 Å². The fourth-order valence-electron chi connectivity index (χ4n) is 21.2. The van der Waals surface area contributed by atoms with Crippen LogP contribution in [0.2, 0.25) is 0 Å². The predicted octanol–water partition coefficient (Wildman–Crippen LogP) is 33.9. The average molecular weight is 1910 g/mol. The Morgan fingerprint density at radius 2 is 0.373 bits per heavy atom. The van der Waals surface area contributed by atoms with Crippen molar-refractivity contribution in [2.45, 2.75) is 0 Å². The fourth-order valence-corrected chi connectivity index (χ4v) is 21.2. The molecule has 0 N–H and O–H groups in total. The van der Waals surface area contributed by atoms with Crippen LogP contribution < -0.4 is 0 Å². The molecule has 0 atom stereocenters. The van der Waals surface area contributed by atoms with E-state index in [2.05, 4.69) is 232 Å². The standard InChI is InChI=1S/3C45H24N4O/c46-25-28-5-3-6-31(17-28)32-7-4-8-33(20-32)35-21-36(34-13-16-45-41(24-34)38-9-1-2-10-44(38)50-45)23-37(22-35)49-42-14-11-29(26-47)18-39(42)40-19-30(27-48)12-15-43(40)49;46-25-28-12-15-42-39(18-28)40-19-29(26-47)13-16-43(40)49(42)36-22-34(30-7-5-8-32(20-30)37-9-2-1-6-33(37)27-48)21-35(23-36)31-14-17-45-41(24-31)38-10-3-4-11-44(38)50-45;46-25-28-8-12-31(13-9-28)32-4-3-5-33(20-32)35-21-36(34-14-17-45-41(24-34)38-6-1-2-7-44(38)50-45)23-37(22-35)49-42-15-10-29(26-47)18-39(42)40-19-30(27-48)11-16-43(40)49/h3*1-24H. The van der Waals surface area contributed by atoms with Crippen LogP contribution in [0.4, 0.5) is 0 Å². The second-order valence-electron chi connectivity index (χ2n) is 37.1. The van der Waals surface area contributed by atoms with Gasteiger partial charge in [0.15, 0.2) is 0 Å². The van der Waals surface area contributed by atoms with Crippen LogP contribution in [0.5, 0.6) is 0 Å². The monoisotopic (exact) mass is 1910 g/mol. The third kappa shape index (κ3) is 15.9. The molecule has 0 spiro atoms. The zero-order valence-electron chi connectivity index (χ0n) is 79.7. The number of aromatic nitrogens is 3. The summed E-state index contributed by atoms with van der Waals surface area (Å²) in [6.45, 7) is 0. The van der Waals surface area contributed by atoms with Gasteiger partial charge >= 0.3 is 0 Å². The van der Waals surface area contributed by atoms with Crippen molar-refractivity contribution < 1.29 is 13.3 Å². The molecule has 27 rings (SSSR count). The molecule has 0 saturated heterocycles. The number of hydrogen-bond donors (Lipinski definition) is 0. The van der Waals surface area contributed by atoms with Crippen LogP contribution in [-0.2, 0) is 0 Å². The van der Waals surface area contributed by atoms with Gasteiger partial charge in [-0.3, -0.25) is 0 Å². The lowest BCUT2D eigenvalue weighted by Gasteiger charge is -2.15. The van der Waals surface area contributed by atoms with Crippen molar-refractivity contribution in [1.29, 1.82) is 47.4 Å². The Labute approximate surface area is 858 Å². The summed E-state index contributed by atoms with van der Waals surface area (Å²) in [4.78, 5) is 0. The summed E-state index contributed by atoms with van der Waals surface area (Å²) in [5.74, 6) is 0. The zero-order valence-corrected chi connectivity index (χ0v) is 79.7. The zero-order chi connectivity index (χ0) is 101. The highest BCUT2D eigenvalue weighted by molar-refractivity contribution is 6.15. The van der Waals surface area contributed by atoms with Gasteiger partial charge in [-0.25, -0.2) is 0 Å². The molecule has 6 aromatic heterocycles. The van der Waals surface area contributed by atoms with Crippen LogP contribution in [0.3, 0.4) is 0 Å². The van der Waals surface area contributed by atoms with Gasteiger partial charge < -0.3 is 27.0 Å². The van der Waals surface area contributed by atoms with Gasteiger partial charge in [-0.15, -0.1) is 0 Å². The molecule has 0 aliphatic rings. The first-order chi connectivity index (χ1) is 73.8. The Kier molecular flexibility index (Phi) is 22.0. The molecule has 150 heavy (non-hydrogen) atoms. The van der Waals surface area contributed by atoms with Gasteiger partial charge in [0.05, 0.1) is 138 Å². The number of rotatable bonds is 12. The summed E-state index contributed by atoms with van der Waals surface area (Å²) >= 11 is 0. The third-order valence-corrected chi connectivity index (χ3v) is 28.3. The Morgan fingerprint density at radius 3 is 0.693 bits per heavy atom. The van der Waals surface area contributed by atoms with Crippen LogP contribution in [0.1, 0.15) is 50.1 Å². The van der Waals surface area contributed by atoms with Crippen LogP contribution in [0.25, 0.3) is 248 Å². The molecule has 0 radical (unpaired) electrons. The highest BCUT2D eigenvalue weighted by Crippen LogP contribution is 2.47. The van der Waals surface area contributed by atoms with E-state index >= 15 is 0 Å². The molecular weight excluding hydrogens is 1840 g/mol. The summed E-state index contributed by atoms with van der Waals surface area (Å²) in [7, 11) is 0. The van der Waals surface area contributed by atoms with E-state index < -0.39 is 0 Å². The summed E-state index contributed by atoms with van der Waals surface area (Å²) < 4.78 is 25.1. The molecule has 21 aromatic carbocycles. The maximum absolute atomic E-state index is 9.84. The number of furan rings is 3. The summed E-state index contributed by atoms with van der Waals surface area (Å²) in [5, 5.41) is 99.0. The fraction of sp³-hybridized carbons (Fsp3) is 0. The van der Waals surface area contributed by atoms with E-state index in [1.54, 1.807) is 0 Å². The summed E-state index contributed by atoms with van der Waals surface area (Å²) in [5.41, 5.74) is 37.0. The molecule has 27 aromatic rings. The number of benzene rings is 21. The first-order valence-corrected chi connectivity index (χ1v) is 48.5. The second kappa shape index (κ2) is 37.0. The van der Waals surface area contributed by atoms with Gasteiger partial charge in [-0.05, 0) is 367 Å². The van der Waals surface area contributed by atoms with Gasteiger partial charge in [0.1, 0.15) is 33.5 Å². The molecule has 0 aliphatic carbocycles. The molecule has 15 heteroatoms. The molecule has 0 bridgehead atoms. The topological polar surface area (TPSA) is 268 Å². The summed E-state index contributed by atoms with van der Waals surface area (Å²) in [6.07, 6.45) is 0. The van der Waals surface area contributed by atoms with Crippen molar-refractivity contribution in [2.24, 2.45) is 0 Å². The van der Waals surface area contributed by atoms with Crippen molar-refractivity contribution in [3.05, 3.63) is 487 Å². The molecule has 0 saturated carbocycles. The van der Waals surface area contributed by atoms with Crippen molar-refractivity contribution in [3.63, 3.8) is 0 Å². The Bertz CT molecular complexity index is 10600. The SMILES string of the molecule is N#Cc1ccc(-c2cccc(-c3cc(-c4ccc5oc6ccccc6c5c4)cc(-n4c5ccc(C#N)cc5c5cc(C#N)ccc54)c3)c2)cc1.N#Cc1ccc2c(c1)c1cc(C#N)ccc1n2-c1cc(-c2cccc(-c3ccccc3C#N)c2)cc(-c2ccc3oc4ccccc4c3c2)c1.N#Cc1cccc(-c2cccc(-c3cc(-c4ccc5oc6ccccc6c5c4)cc(-n4c5ccc(C#N)cc5c5cc(C#N)ccc54)c3)c2)c1. The molecule has 690 valence electrons. The van der Waals surface area contributed by atoms with Crippen molar-refractivity contribution >= 4 is 131 Å². The van der Waals surface area contributed by atoms with E-state index in [-0.39, 0.29) is 0 Å². The molecule has 0 fully saturated rings. The average Bonchev–Trinajstić information content (AvgIpc) is 1.59. The van der Waals surface area contributed by atoms with Crippen molar-refractivity contribution in [1.82, 2.24) is 13.7 Å². The largest absolute Gasteiger partial charge is 0.456 e. The molecule has 0 aliphatic heterocycles. The summed E-state index contributed by atoms with van der Waals surface area (Å²) in [6, 6.07) is 166. The minimum Gasteiger partial charge on any atom is -0.456 e. The molecular formula is C135H72N12O3. The van der Waals surface area contributed by atoms with E-state index in [1.165, 1.54) is 0 Å². The van der Waals surface area contributed by atoms with Gasteiger partial charge in [-0.2, -0.15) is 47.4 Å². The molecule has 15 nitrogen and oxygen atoms in total. The van der Waals surface area contributed by atoms with Gasteiger partial charge in [0.25, 0.3) is 0 Å². The number of hydrogen-bond acceptors (Lipinski definition) is 12. The lowest BCUT2D eigenvalue weighted by atomic mass is 9.93. The quantitative estimate of drug-likeness (QED) is 0.110. The van der Waals surface area contributed by atoms with Gasteiger partial charge in [0.2, 0.25) is 0 Å². The smallest absolute Gasteiger partial charge is 0.135 e. The van der Waals surface area contributed by atoms with Crippen molar-refractivity contribution in [2.75, 3.05) is 0 Å². The number of nitriles is 9. The number of fused-ring (bicyclic) bond motifs is 18. The van der Waals surface area contributed by atoms with Gasteiger partial charge in [-0.1, -0.05) is 170 Å². The maximum atomic E-state index is 9.84. The van der Waals surface area contributed by atoms with Gasteiger partial charge in [0, 0.05) is 81.7 Å². The molecule has 0 amide bonds. The second-order valence-corrected chi connectivity index (χ2v) is 37.1. The minimum atomic E-state index is 0.559. The van der Waals surface area contributed by atoms with E-state index in [0.717, 1.165) is 248 Å². The number of nitrogens with zero attached hydrogens (tertiary/aromatic N) is 12. The predicted molar refractivity (Wildman–Crippen MR) is 596 cm³/mol. The van der Waals surface area contributed by atoms with E-state index in [4.69, 9.17) is 13.3 Å². The normalized spacial score (nSPS) is 11.1. The first kappa shape index (κ1) is 89.2. The molecule has 0 unspecified atom stereocenters. The minimum absolute atomic E-state index is 0.559. The van der Waals surface area contributed by atoms with Crippen LogP contribution in [0, 0.1) is 102 Å².